The van der Waals surface area contributed by atoms with Gasteiger partial charge in [0, 0.05) is 15.9 Å². The number of phenolic OH excluding ortho intramolecular Hbond substituents is 2. The fourth-order valence-electron chi connectivity index (χ4n) is 3.29. The molecule has 3 aromatic rings. The minimum atomic E-state index is -0.874. The van der Waals surface area contributed by atoms with Crippen LogP contribution in [0.25, 0.3) is 0 Å². The number of nitrogens with zero attached hydrogens (tertiary/aromatic N) is 1. The topological polar surface area (TPSA) is 118 Å². The predicted octanol–water partition coefficient (Wildman–Crippen LogP) is 4.24. The zero-order valence-corrected chi connectivity index (χ0v) is 15.8. The lowest BCUT2D eigenvalue weighted by atomic mass is 9.82. The molecular weight excluding hydrogens is 394 g/mol. The molecule has 0 unspecified atom stereocenters. The minimum Gasteiger partial charge on any atom is -0.507 e. The number of hydrogen-bond donors (Lipinski definition) is 2. The number of rotatable bonds is 3. The number of benzene rings is 3. The molecule has 0 aliphatic heterocycles. The van der Waals surface area contributed by atoms with Gasteiger partial charge in [0.15, 0.2) is 5.78 Å². The van der Waals surface area contributed by atoms with Crippen LogP contribution in [0.2, 0.25) is 0 Å². The Kier molecular flexibility index (Phi) is 4.35. The molecular formula is C21H13NO6S. The van der Waals surface area contributed by atoms with Crippen LogP contribution in [-0.4, -0.2) is 26.7 Å². The van der Waals surface area contributed by atoms with Crippen molar-refractivity contribution in [3.05, 3.63) is 86.5 Å². The number of hydrogen-bond acceptors (Lipinski definition) is 7. The van der Waals surface area contributed by atoms with Crippen molar-refractivity contribution in [2.45, 2.75) is 16.7 Å². The molecule has 0 saturated carbocycles. The van der Waals surface area contributed by atoms with Gasteiger partial charge in [0.05, 0.1) is 21.6 Å². The Morgan fingerprint density at radius 2 is 1.34 bits per heavy atom. The maximum Gasteiger partial charge on any atom is 0.281 e. The Labute approximate surface area is 168 Å². The number of carbonyl (C=O) groups excluding carboxylic acids is 2. The quantitative estimate of drug-likeness (QED) is 0.385. The summed E-state index contributed by atoms with van der Waals surface area (Å²) in [6.07, 6.45) is 0. The van der Waals surface area contributed by atoms with E-state index in [1.54, 1.807) is 0 Å². The Balaban J connectivity index is 1.95. The number of aromatic hydroxyl groups is 2. The molecule has 3 aromatic carbocycles. The number of nitro benzene ring substituents is 1. The average Bonchev–Trinajstić information content (AvgIpc) is 2.68. The van der Waals surface area contributed by atoms with Gasteiger partial charge < -0.3 is 10.2 Å². The highest BCUT2D eigenvalue weighted by Crippen LogP contribution is 2.44. The first kappa shape index (κ1) is 18.7. The lowest BCUT2D eigenvalue weighted by Gasteiger charge is -2.21. The molecule has 0 amide bonds. The molecule has 29 heavy (non-hydrogen) atoms. The van der Waals surface area contributed by atoms with Gasteiger partial charge in [-0.15, -0.1) is 0 Å². The molecule has 0 radical (unpaired) electrons. The highest BCUT2D eigenvalue weighted by molar-refractivity contribution is 7.99. The standard InChI is InChI=1S/C21H13NO6S/c1-10-2-4-11(5-3-10)29-15-9-8-14(24)18-19(15)21(26)17-13(23)7-6-12(22(27)28)16(17)20(18)25/h2-9,23-24H,1H3. The van der Waals surface area contributed by atoms with Crippen LogP contribution < -0.4 is 0 Å². The van der Waals surface area contributed by atoms with Crippen molar-refractivity contribution < 1.29 is 24.7 Å². The fourth-order valence-corrected chi connectivity index (χ4v) is 4.25. The van der Waals surface area contributed by atoms with Crippen molar-refractivity contribution in [1.82, 2.24) is 0 Å². The molecule has 7 nitrogen and oxygen atoms in total. The number of phenols is 2. The molecule has 0 saturated heterocycles. The molecule has 0 aromatic heterocycles. The number of nitro groups is 1. The normalized spacial score (nSPS) is 12.4. The van der Waals surface area contributed by atoms with Crippen LogP contribution >= 0.6 is 11.8 Å². The Morgan fingerprint density at radius 3 is 1.97 bits per heavy atom. The van der Waals surface area contributed by atoms with E-state index in [-0.39, 0.29) is 11.1 Å². The number of carbonyl (C=O) groups is 2. The van der Waals surface area contributed by atoms with Crippen molar-refractivity contribution >= 4 is 29.0 Å². The first-order valence-corrected chi connectivity index (χ1v) is 9.31. The van der Waals surface area contributed by atoms with E-state index >= 15 is 0 Å². The molecule has 0 bridgehead atoms. The van der Waals surface area contributed by atoms with E-state index in [9.17, 15) is 29.9 Å². The molecule has 0 spiro atoms. The maximum absolute atomic E-state index is 13.2. The Hall–Kier alpha value is -3.65. The summed E-state index contributed by atoms with van der Waals surface area (Å²) < 4.78 is 0. The van der Waals surface area contributed by atoms with Crippen molar-refractivity contribution in [3.8, 4) is 11.5 Å². The zero-order chi connectivity index (χ0) is 20.9. The summed E-state index contributed by atoms with van der Waals surface area (Å²) in [7, 11) is 0. The van der Waals surface area contributed by atoms with Crippen LogP contribution in [-0.2, 0) is 0 Å². The third-order valence-electron chi connectivity index (χ3n) is 4.66. The summed E-state index contributed by atoms with van der Waals surface area (Å²) in [5, 5.41) is 31.8. The molecule has 144 valence electrons. The van der Waals surface area contributed by atoms with Crippen LogP contribution in [0.1, 0.15) is 37.4 Å². The fraction of sp³-hybridized carbons (Fsp3) is 0.0476. The third-order valence-corrected chi connectivity index (χ3v) is 5.73. The molecule has 2 N–H and O–H groups in total. The van der Waals surface area contributed by atoms with Crippen LogP contribution in [0.3, 0.4) is 0 Å². The van der Waals surface area contributed by atoms with E-state index in [0.717, 1.165) is 22.6 Å². The molecule has 4 rings (SSSR count). The van der Waals surface area contributed by atoms with Gasteiger partial charge in [-0.2, -0.15) is 0 Å². The molecule has 0 atom stereocenters. The summed E-state index contributed by atoms with van der Waals surface area (Å²) in [5.41, 5.74) is -0.859. The van der Waals surface area contributed by atoms with Gasteiger partial charge in [0.2, 0.25) is 5.78 Å². The zero-order valence-electron chi connectivity index (χ0n) is 15.0. The monoisotopic (exact) mass is 407 g/mol. The molecule has 1 aliphatic rings. The van der Waals surface area contributed by atoms with Gasteiger partial charge in [-0.3, -0.25) is 19.7 Å². The second-order valence-corrected chi connectivity index (χ2v) is 7.63. The van der Waals surface area contributed by atoms with Crippen molar-refractivity contribution in [2.75, 3.05) is 0 Å². The highest BCUT2D eigenvalue weighted by atomic mass is 32.2. The summed E-state index contributed by atoms with van der Waals surface area (Å²) in [5.74, 6) is -2.60. The lowest BCUT2D eigenvalue weighted by Crippen LogP contribution is -2.23. The summed E-state index contributed by atoms with van der Waals surface area (Å²) in [6, 6.07) is 12.3. The summed E-state index contributed by atoms with van der Waals surface area (Å²) in [6.45, 7) is 1.94. The van der Waals surface area contributed by atoms with E-state index < -0.39 is 44.8 Å². The second-order valence-electron chi connectivity index (χ2n) is 6.52. The maximum atomic E-state index is 13.2. The van der Waals surface area contributed by atoms with Crippen LogP contribution in [0.15, 0.2) is 58.3 Å². The summed E-state index contributed by atoms with van der Waals surface area (Å²) >= 11 is 1.22. The van der Waals surface area contributed by atoms with Gasteiger partial charge in [-0.05, 0) is 37.3 Å². The Morgan fingerprint density at radius 1 is 0.793 bits per heavy atom. The highest BCUT2D eigenvalue weighted by Gasteiger charge is 2.40. The first-order valence-electron chi connectivity index (χ1n) is 8.50. The third kappa shape index (κ3) is 2.94. The molecule has 8 heteroatoms. The minimum absolute atomic E-state index is 0.0797. The lowest BCUT2D eigenvalue weighted by molar-refractivity contribution is -0.385. The Bertz CT molecular complexity index is 1220. The first-order chi connectivity index (χ1) is 13.8. The molecule has 1 aliphatic carbocycles. The molecule has 0 heterocycles. The van der Waals surface area contributed by atoms with Crippen molar-refractivity contribution in [2.24, 2.45) is 0 Å². The van der Waals surface area contributed by atoms with E-state index in [1.807, 2.05) is 31.2 Å². The van der Waals surface area contributed by atoms with Gasteiger partial charge in [0.25, 0.3) is 5.69 Å². The molecule has 0 fully saturated rings. The van der Waals surface area contributed by atoms with Crippen LogP contribution in [0.5, 0.6) is 11.5 Å². The predicted molar refractivity (Wildman–Crippen MR) is 105 cm³/mol. The summed E-state index contributed by atoms with van der Waals surface area (Å²) in [4.78, 5) is 38.0. The van der Waals surface area contributed by atoms with Gasteiger partial charge >= 0.3 is 0 Å². The SMILES string of the molecule is Cc1ccc(Sc2ccc(O)c3c2C(=O)c2c(O)ccc([N+](=O)[O-])c2C3=O)cc1. The van der Waals surface area contributed by atoms with Crippen molar-refractivity contribution in [1.29, 1.82) is 0 Å². The number of ketones is 2. The van der Waals surface area contributed by atoms with E-state index in [2.05, 4.69) is 0 Å². The number of aryl methyl sites for hydroxylation is 1. The second kappa shape index (κ2) is 6.75. The van der Waals surface area contributed by atoms with Gasteiger partial charge in [-0.25, -0.2) is 0 Å². The largest absolute Gasteiger partial charge is 0.507 e. The van der Waals surface area contributed by atoms with E-state index in [4.69, 9.17) is 0 Å². The van der Waals surface area contributed by atoms with Crippen LogP contribution in [0, 0.1) is 17.0 Å². The van der Waals surface area contributed by atoms with E-state index in [1.165, 1.54) is 23.9 Å². The van der Waals surface area contributed by atoms with Crippen LogP contribution in [0.4, 0.5) is 5.69 Å². The average molecular weight is 407 g/mol. The number of fused-ring (bicyclic) bond motifs is 2. The van der Waals surface area contributed by atoms with Gasteiger partial charge in [-0.1, -0.05) is 29.5 Å². The van der Waals surface area contributed by atoms with E-state index in [0.29, 0.717) is 4.90 Å². The van der Waals surface area contributed by atoms with Gasteiger partial charge in [0.1, 0.15) is 17.1 Å². The van der Waals surface area contributed by atoms with Crippen molar-refractivity contribution in [3.63, 3.8) is 0 Å². The smallest absolute Gasteiger partial charge is 0.281 e.